The summed E-state index contributed by atoms with van der Waals surface area (Å²) in [5.41, 5.74) is 0. The summed E-state index contributed by atoms with van der Waals surface area (Å²) >= 11 is 0. The van der Waals surface area contributed by atoms with Gasteiger partial charge < -0.3 is 15.5 Å². The molecule has 66 valence electrons. The number of carboxylic acids is 1. The summed E-state index contributed by atoms with van der Waals surface area (Å²) < 4.78 is 0. The topological polar surface area (TPSA) is 69.6 Å². The van der Waals surface area contributed by atoms with Crippen LogP contribution in [0, 0.1) is 5.92 Å². The Labute approximate surface area is 66.2 Å². The Bertz CT molecular complexity index is 136. The predicted molar refractivity (Wildman–Crippen MR) is 41.3 cm³/mol. The van der Waals surface area contributed by atoms with Crippen molar-refractivity contribution in [2.75, 3.05) is 7.05 Å². The van der Waals surface area contributed by atoms with Crippen molar-refractivity contribution in [1.29, 1.82) is 0 Å². The number of aliphatic hydroxyl groups is 1. The van der Waals surface area contributed by atoms with Gasteiger partial charge in [0.1, 0.15) is 6.04 Å². The number of hydrogen-bond donors (Lipinski definition) is 3. The Morgan fingerprint density at radius 1 is 1.45 bits per heavy atom. The first kappa shape index (κ1) is 10.4. The average Bonchev–Trinajstić information content (AvgIpc) is 1.88. The smallest absolute Gasteiger partial charge is 0.321 e. The van der Waals surface area contributed by atoms with E-state index in [0.717, 1.165) is 0 Å². The third-order valence-electron chi connectivity index (χ3n) is 1.86. The fraction of sp³-hybridized carbons (Fsp3) is 0.857. The van der Waals surface area contributed by atoms with E-state index < -0.39 is 18.1 Å². The van der Waals surface area contributed by atoms with Gasteiger partial charge in [0.2, 0.25) is 0 Å². The van der Waals surface area contributed by atoms with Gasteiger partial charge in [-0.3, -0.25) is 4.79 Å². The summed E-state index contributed by atoms with van der Waals surface area (Å²) in [5.74, 6) is -1.21. The van der Waals surface area contributed by atoms with Crippen molar-refractivity contribution < 1.29 is 15.0 Å². The molecule has 0 aliphatic heterocycles. The van der Waals surface area contributed by atoms with Crippen LogP contribution >= 0.6 is 0 Å². The summed E-state index contributed by atoms with van der Waals surface area (Å²) in [4.78, 5) is 10.5. The van der Waals surface area contributed by atoms with Gasteiger partial charge in [-0.05, 0) is 14.0 Å². The fourth-order valence-corrected chi connectivity index (χ4v) is 0.890. The van der Waals surface area contributed by atoms with Crippen LogP contribution in [0.1, 0.15) is 13.8 Å². The number of rotatable bonds is 4. The molecule has 0 bridgehead atoms. The molecule has 0 aromatic carbocycles. The average molecular weight is 161 g/mol. The zero-order chi connectivity index (χ0) is 9.02. The maximum Gasteiger partial charge on any atom is 0.321 e. The number of aliphatic carboxylic acids is 1. The molecule has 0 spiro atoms. The summed E-state index contributed by atoms with van der Waals surface area (Å²) in [6.07, 6.45) is -0.608. The number of carbonyl (C=O) groups is 1. The van der Waals surface area contributed by atoms with E-state index in [1.54, 1.807) is 20.9 Å². The second-order valence-electron chi connectivity index (χ2n) is 2.70. The van der Waals surface area contributed by atoms with Crippen molar-refractivity contribution in [2.45, 2.75) is 26.0 Å². The number of aliphatic hydroxyl groups excluding tert-OH is 1. The molecule has 3 atom stereocenters. The predicted octanol–water partition coefficient (Wildman–Crippen LogP) is -0.324. The molecule has 3 N–H and O–H groups in total. The minimum atomic E-state index is -0.930. The zero-order valence-electron chi connectivity index (χ0n) is 7.03. The molecule has 0 heterocycles. The molecule has 0 aromatic heterocycles. The third-order valence-corrected chi connectivity index (χ3v) is 1.86. The van der Waals surface area contributed by atoms with Crippen molar-refractivity contribution >= 4 is 5.97 Å². The van der Waals surface area contributed by atoms with Crippen molar-refractivity contribution in [2.24, 2.45) is 5.92 Å². The van der Waals surface area contributed by atoms with E-state index in [0.29, 0.717) is 0 Å². The zero-order valence-corrected chi connectivity index (χ0v) is 7.03. The van der Waals surface area contributed by atoms with Crippen LogP contribution in [0.5, 0.6) is 0 Å². The fourth-order valence-electron chi connectivity index (χ4n) is 0.890. The van der Waals surface area contributed by atoms with E-state index >= 15 is 0 Å². The molecular formula is C7H15NO3. The van der Waals surface area contributed by atoms with Crippen LogP contribution < -0.4 is 5.32 Å². The molecule has 4 heteroatoms. The minimum absolute atomic E-state index is 0.280. The molecule has 0 saturated heterocycles. The molecule has 0 aliphatic carbocycles. The lowest BCUT2D eigenvalue weighted by Gasteiger charge is -2.21. The quantitative estimate of drug-likeness (QED) is 0.528. The molecule has 4 nitrogen and oxygen atoms in total. The monoisotopic (exact) mass is 161 g/mol. The lowest BCUT2D eigenvalue weighted by molar-refractivity contribution is -0.141. The molecule has 0 rings (SSSR count). The van der Waals surface area contributed by atoms with Gasteiger partial charge in [-0.25, -0.2) is 0 Å². The SMILES string of the molecule is CNC(C(=O)O)[C@@H](C)[C@H](C)O. The van der Waals surface area contributed by atoms with E-state index in [1.807, 2.05) is 0 Å². The molecule has 0 radical (unpaired) electrons. The summed E-state index contributed by atoms with van der Waals surface area (Å²) in [6.45, 7) is 3.28. The Morgan fingerprint density at radius 3 is 2.00 bits per heavy atom. The van der Waals surface area contributed by atoms with Crippen LogP contribution in [0.3, 0.4) is 0 Å². The first-order chi connectivity index (χ1) is 5.00. The van der Waals surface area contributed by atoms with Gasteiger partial charge in [0, 0.05) is 5.92 Å². The van der Waals surface area contributed by atoms with E-state index in [1.165, 1.54) is 0 Å². The number of hydrogen-bond acceptors (Lipinski definition) is 3. The summed E-state index contributed by atoms with van der Waals surface area (Å²) in [5, 5.41) is 20.3. The standard InChI is InChI=1S/C7H15NO3/c1-4(5(2)9)6(8-3)7(10)11/h4-6,8-9H,1-3H3,(H,10,11)/t4-,5-,6?/m0/s1. The van der Waals surface area contributed by atoms with Gasteiger partial charge in [0.05, 0.1) is 6.10 Å². The lowest BCUT2D eigenvalue weighted by Crippen LogP contribution is -2.43. The Balaban J connectivity index is 4.14. The summed E-state index contributed by atoms with van der Waals surface area (Å²) in [7, 11) is 1.57. The Hall–Kier alpha value is -0.610. The van der Waals surface area contributed by atoms with Crippen molar-refractivity contribution in [3.05, 3.63) is 0 Å². The van der Waals surface area contributed by atoms with Gasteiger partial charge in [0.25, 0.3) is 0 Å². The molecule has 0 aromatic rings. The van der Waals surface area contributed by atoms with E-state index in [4.69, 9.17) is 10.2 Å². The highest BCUT2D eigenvalue weighted by atomic mass is 16.4. The molecule has 0 saturated carbocycles. The molecular weight excluding hydrogens is 146 g/mol. The maximum atomic E-state index is 10.5. The number of carboxylic acid groups (broad SMARTS) is 1. The second kappa shape index (κ2) is 4.31. The van der Waals surface area contributed by atoms with Crippen molar-refractivity contribution in [1.82, 2.24) is 5.32 Å². The van der Waals surface area contributed by atoms with Crippen LogP contribution in [0.25, 0.3) is 0 Å². The highest BCUT2D eigenvalue weighted by Gasteiger charge is 2.25. The van der Waals surface area contributed by atoms with Gasteiger partial charge in [-0.15, -0.1) is 0 Å². The molecule has 11 heavy (non-hydrogen) atoms. The van der Waals surface area contributed by atoms with Crippen LogP contribution in [0.4, 0.5) is 0 Å². The lowest BCUT2D eigenvalue weighted by atomic mass is 9.97. The molecule has 1 unspecified atom stereocenters. The first-order valence-corrected chi connectivity index (χ1v) is 3.58. The van der Waals surface area contributed by atoms with Crippen LogP contribution in [-0.2, 0) is 4.79 Å². The first-order valence-electron chi connectivity index (χ1n) is 3.58. The van der Waals surface area contributed by atoms with Crippen LogP contribution in [0.2, 0.25) is 0 Å². The van der Waals surface area contributed by atoms with E-state index in [-0.39, 0.29) is 5.92 Å². The van der Waals surface area contributed by atoms with Crippen molar-refractivity contribution in [3.63, 3.8) is 0 Å². The van der Waals surface area contributed by atoms with Gasteiger partial charge >= 0.3 is 5.97 Å². The van der Waals surface area contributed by atoms with E-state index in [2.05, 4.69) is 5.32 Å². The van der Waals surface area contributed by atoms with Crippen molar-refractivity contribution in [3.8, 4) is 0 Å². The molecule has 0 fully saturated rings. The number of likely N-dealkylation sites (N-methyl/N-ethyl adjacent to an activating group) is 1. The van der Waals surface area contributed by atoms with Crippen LogP contribution in [0.15, 0.2) is 0 Å². The van der Waals surface area contributed by atoms with Gasteiger partial charge in [-0.2, -0.15) is 0 Å². The third kappa shape index (κ3) is 2.86. The molecule has 0 amide bonds. The van der Waals surface area contributed by atoms with Gasteiger partial charge in [-0.1, -0.05) is 6.92 Å². The Morgan fingerprint density at radius 2 is 1.91 bits per heavy atom. The largest absolute Gasteiger partial charge is 0.480 e. The summed E-state index contributed by atoms with van der Waals surface area (Å²) in [6, 6.07) is -0.671. The molecule has 0 aliphatic rings. The van der Waals surface area contributed by atoms with Gasteiger partial charge in [0.15, 0.2) is 0 Å². The Kier molecular flexibility index (Phi) is 4.07. The maximum absolute atomic E-state index is 10.5. The van der Waals surface area contributed by atoms with Crippen LogP contribution in [-0.4, -0.2) is 35.4 Å². The minimum Gasteiger partial charge on any atom is -0.480 e. The second-order valence-corrected chi connectivity index (χ2v) is 2.70. The number of nitrogens with one attached hydrogen (secondary N) is 1. The van der Waals surface area contributed by atoms with E-state index in [9.17, 15) is 4.79 Å². The normalized spacial score (nSPS) is 18.9. The highest BCUT2D eigenvalue weighted by molar-refractivity contribution is 5.73. The highest BCUT2D eigenvalue weighted by Crippen LogP contribution is 2.07.